The van der Waals surface area contributed by atoms with E-state index in [1.165, 1.54) is 29.5 Å². The van der Waals surface area contributed by atoms with Gasteiger partial charge in [0.15, 0.2) is 0 Å². The van der Waals surface area contributed by atoms with E-state index < -0.39 is 29.6 Å². The molecule has 1 aliphatic rings. The second kappa shape index (κ2) is 28.7. The Morgan fingerprint density at radius 1 is 0.918 bits per heavy atom. The molecule has 0 radical (unpaired) electrons. The van der Waals surface area contributed by atoms with E-state index in [1.807, 2.05) is 30.5 Å². The molecule has 3 aromatic rings. The van der Waals surface area contributed by atoms with E-state index in [2.05, 4.69) is 67.3 Å². The van der Waals surface area contributed by atoms with E-state index in [4.69, 9.17) is 18.9 Å². The predicted octanol–water partition coefficient (Wildman–Crippen LogP) is 6.90. The molecule has 4 N–H and O–H groups in total. The van der Waals surface area contributed by atoms with Crippen LogP contribution < -0.4 is 16.0 Å². The van der Waals surface area contributed by atoms with Gasteiger partial charge < -0.3 is 44.6 Å². The zero-order valence-corrected chi connectivity index (χ0v) is 37.5. The van der Waals surface area contributed by atoms with Crippen LogP contribution in [0.4, 0.5) is 8.78 Å². The quantitative estimate of drug-likeness (QED) is 0.0597. The van der Waals surface area contributed by atoms with Crippen LogP contribution in [0.5, 0.6) is 0 Å². The molecule has 61 heavy (non-hydrogen) atoms. The maximum Gasteiger partial charge on any atom is 0.327 e. The summed E-state index contributed by atoms with van der Waals surface area (Å²) in [6.07, 6.45) is 5.20. The Morgan fingerprint density at radius 2 is 1.57 bits per heavy atom. The number of carboxylic acids is 1. The van der Waals surface area contributed by atoms with Crippen molar-refractivity contribution in [2.75, 3.05) is 84.0 Å². The fraction of sp³-hybridized carbons (Fsp3) is 0.587. The maximum atomic E-state index is 14.3. The van der Waals surface area contributed by atoms with Crippen LogP contribution in [0.25, 0.3) is 11.1 Å². The standard InChI is InChI=1S/C23H25F2N.C23H43N3O8S/c1-16(23(2,3)4)22-12-18(20-13-19(24)10-11-21(20)25)15-26(22)14-17-8-6-5-7-9-17;1-2-3-7-31-9-11-33-13-14-34-12-10-32-8-5-21(27)26-20(23(29)30)17-35-18-22(28)25-16-19-4-6-24-15-19/h5-13,15-16H,14H2,1-4H3;19-20,24H,2-18H2,1H3,(H,25,28)(H,26,27)(H,29,30)/t16-;19?,20-/m00/s1. The van der Waals surface area contributed by atoms with Crippen LogP contribution in [0.15, 0.2) is 60.8 Å². The third kappa shape index (κ3) is 20.7. The SMILES string of the molecule is CCCCOCCOCCOCCOCCC(=O)N[C@@H](CSCC(=O)NCC1CCNC1)C(=O)O.C[C@@H](c1cc(-c2cc(F)ccc2F)cn1Cc1ccccc1)C(C)(C)C. The highest BCUT2D eigenvalue weighted by Crippen LogP contribution is 2.38. The number of unbranched alkanes of at least 4 members (excludes halogenated alkanes) is 1. The van der Waals surface area contributed by atoms with Gasteiger partial charge in [-0.1, -0.05) is 71.4 Å². The van der Waals surface area contributed by atoms with Crippen LogP contribution in [-0.4, -0.2) is 117 Å². The number of aromatic nitrogens is 1. The maximum absolute atomic E-state index is 14.3. The van der Waals surface area contributed by atoms with E-state index >= 15 is 0 Å². The van der Waals surface area contributed by atoms with Gasteiger partial charge in [-0.05, 0) is 67.1 Å². The first-order valence-corrected chi connectivity index (χ1v) is 22.5. The summed E-state index contributed by atoms with van der Waals surface area (Å²) in [6.45, 7) is 17.8. The van der Waals surface area contributed by atoms with Gasteiger partial charge in [0.2, 0.25) is 11.8 Å². The molecule has 1 aromatic heterocycles. The van der Waals surface area contributed by atoms with Gasteiger partial charge in [0.1, 0.15) is 17.7 Å². The number of hydrogen-bond donors (Lipinski definition) is 4. The molecule has 1 aliphatic heterocycles. The fourth-order valence-electron chi connectivity index (χ4n) is 6.20. The lowest BCUT2D eigenvalue weighted by Crippen LogP contribution is -2.43. The van der Waals surface area contributed by atoms with E-state index in [1.54, 1.807) is 0 Å². The second-order valence-corrected chi connectivity index (χ2v) is 17.2. The zero-order valence-electron chi connectivity index (χ0n) is 36.6. The number of benzene rings is 2. The first-order chi connectivity index (χ1) is 29.3. The molecule has 0 bridgehead atoms. The van der Waals surface area contributed by atoms with E-state index in [0.717, 1.165) is 50.7 Å². The van der Waals surface area contributed by atoms with Gasteiger partial charge in [0.25, 0.3) is 0 Å². The number of halogens is 2. The number of carbonyl (C=O) groups is 3. The smallest absolute Gasteiger partial charge is 0.327 e. The van der Waals surface area contributed by atoms with Crippen molar-refractivity contribution >= 4 is 29.5 Å². The number of nitrogens with zero attached hydrogens (tertiary/aromatic N) is 1. The van der Waals surface area contributed by atoms with Gasteiger partial charge in [0.05, 0.1) is 52.0 Å². The molecule has 4 rings (SSSR count). The Bertz CT molecular complexity index is 1720. The molecule has 2 amide bonds. The molecule has 12 nitrogen and oxygen atoms in total. The zero-order chi connectivity index (χ0) is 44.5. The summed E-state index contributed by atoms with van der Waals surface area (Å²) in [5, 5.41) is 17.9. The van der Waals surface area contributed by atoms with Crippen molar-refractivity contribution in [3.8, 4) is 11.1 Å². The van der Waals surface area contributed by atoms with E-state index in [9.17, 15) is 28.3 Å². The molecular weight excluding hydrogens is 807 g/mol. The van der Waals surface area contributed by atoms with Crippen molar-refractivity contribution in [1.29, 1.82) is 0 Å². The van der Waals surface area contributed by atoms with Crippen molar-refractivity contribution in [1.82, 2.24) is 20.5 Å². The Morgan fingerprint density at radius 3 is 2.18 bits per heavy atom. The average molecular weight is 875 g/mol. The van der Waals surface area contributed by atoms with Crippen molar-refractivity contribution in [3.63, 3.8) is 0 Å². The number of thioether (sulfide) groups is 1. The number of ether oxygens (including phenoxy) is 4. The molecular formula is C46H68F2N4O8S. The van der Waals surface area contributed by atoms with Gasteiger partial charge in [-0.2, -0.15) is 0 Å². The molecule has 340 valence electrons. The predicted molar refractivity (Wildman–Crippen MR) is 237 cm³/mol. The highest BCUT2D eigenvalue weighted by atomic mass is 32.2. The number of nitrogens with one attached hydrogen (secondary N) is 3. The molecule has 1 unspecified atom stereocenters. The summed E-state index contributed by atoms with van der Waals surface area (Å²) in [5.41, 5.74) is 3.38. The van der Waals surface area contributed by atoms with Crippen molar-refractivity contribution in [2.45, 2.75) is 78.8 Å². The van der Waals surface area contributed by atoms with Gasteiger partial charge in [-0.3, -0.25) is 9.59 Å². The Labute approximate surface area is 365 Å². The van der Waals surface area contributed by atoms with Crippen molar-refractivity contribution in [3.05, 3.63) is 83.7 Å². The minimum atomic E-state index is -1.13. The molecule has 2 aromatic carbocycles. The summed E-state index contributed by atoms with van der Waals surface area (Å²) < 4.78 is 51.6. The van der Waals surface area contributed by atoms with Gasteiger partial charge >= 0.3 is 5.97 Å². The number of amides is 2. The van der Waals surface area contributed by atoms with Crippen LogP contribution in [0.3, 0.4) is 0 Å². The molecule has 0 aliphatic carbocycles. The first-order valence-electron chi connectivity index (χ1n) is 21.4. The van der Waals surface area contributed by atoms with Crippen LogP contribution in [0.2, 0.25) is 0 Å². The Balaban J connectivity index is 0.000000338. The number of carbonyl (C=O) groups excluding carboxylic acids is 2. The molecule has 1 fully saturated rings. The Hall–Kier alpha value is -3.86. The molecule has 3 atom stereocenters. The number of aliphatic carboxylic acids is 1. The fourth-order valence-corrected chi connectivity index (χ4v) is 7.07. The van der Waals surface area contributed by atoms with Gasteiger partial charge in [0, 0.05) is 60.8 Å². The molecule has 0 saturated carbocycles. The number of hydrogen-bond acceptors (Lipinski definition) is 9. The molecule has 1 saturated heterocycles. The lowest BCUT2D eigenvalue weighted by atomic mass is 9.80. The first kappa shape index (κ1) is 51.5. The van der Waals surface area contributed by atoms with Crippen LogP contribution >= 0.6 is 11.8 Å². The lowest BCUT2D eigenvalue weighted by molar-refractivity contribution is -0.141. The van der Waals surface area contributed by atoms with E-state index in [-0.39, 0.29) is 41.8 Å². The monoisotopic (exact) mass is 874 g/mol. The summed E-state index contributed by atoms with van der Waals surface area (Å²) in [7, 11) is 0. The summed E-state index contributed by atoms with van der Waals surface area (Å²) in [6, 6.07) is 14.7. The number of rotatable bonds is 27. The van der Waals surface area contributed by atoms with Crippen LogP contribution in [0.1, 0.15) is 77.5 Å². The number of carboxylic acid groups (broad SMARTS) is 1. The van der Waals surface area contributed by atoms with Gasteiger partial charge in [-0.15, -0.1) is 11.8 Å². The minimum Gasteiger partial charge on any atom is -0.480 e. The Kier molecular flexibility index (Phi) is 24.2. The third-order valence-corrected chi connectivity index (χ3v) is 11.3. The normalized spacial score (nSPS) is 14.8. The summed E-state index contributed by atoms with van der Waals surface area (Å²) in [4.78, 5) is 35.3. The van der Waals surface area contributed by atoms with E-state index in [0.29, 0.717) is 69.8 Å². The topological polar surface area (TPSA) is 149 Å². The third-order valence-electron chi connectivity index (χ3n) is 10.2. The van der Waals surface area contributed by atoms with Crippen LogP contribution in [-0.2, 0) is 39.9 Å². The minimum absolute atomic E-state index is 0.0471. The highest BCUT2D eigenvalue weighted by molar-refractivity contribution is 8.00. The summed E-state index contributed by atoms with van der Waals surface area (Å²) in [5.74, 6) is -1.53. The average Bonchev–Trinajstić information content (AvgIpc) is 3.91. The largest absolute Gasteiger partial charge is 0.480 e. The molecule has 15 heteroatoms. The van der Waals surface area contributed by atoms with Crippen LogP contribution in [0, 0.1) is 23.0 Å². The van der Waals surface area contributed by atoms with Crippen molar-refractivity contribution < 1.29 is 47.2 Å². The lowest BCUT2D eigenvalue weighted by Gasteiger charge is -2.28. The second-order valence-electron chi connectivity index (χ2n) is 16.2. The molecule has 0 spiro atoms. The van der Waals surface area contributed by atoms with Gasteiger partial charge in [-0.25, -0.2) is 13.6 Å². The molecule has 2 heterocycles. The summed E-state index contributed by atoms with van der Waals surface area (Å²) >= 11 is 1.18. The van der Waals surface area contributed by atoms with Crippen molar-refractivity contribution in [2.24, 2.45) is 11.3 Å². The highest BCUT2D eigenvalue weighted by Gasteiger charge is 2.26.